The lowest BCUT2D eigenvalue weighted by atomic mass is 10.1. The summed E-state index contributed by atoms with van der Waals surface area (Å²) in [5, 5.41) is 2.80. The second-order valence-corrected chi connectivity index (χ2v) is 3.41. The topological polar surface area (TPSA) is 38.3 Å². The van der Waals surface area contributed by atoms with E-state index >= 15 is 0 Å². The lowest BCUT2D eigenvalue weighted by Crippen LogP contribution is -2.22. The molecule has 1 aromatic rings. The van der Waals surface area contributed by atoms with Gasteiger partial charge in [-0.2, -0.15) is 0 Å². The monoisotopic (exact) mass is 249 g/mol. The molecule has 0 spiro atoms. The van der Waals surface area contributed by atoms with E-state index in [0.29, 0.717) is 10.8 Å². The zero-order valence-electron chi connectivity index (χ0n) is 8.76. The number of amides is 1. The van der Waals surface area contributed by atoms with Gasteiger partial charge in [0, 0.05) is 7.05 Å². The van der Waals surface area contributed by atoms with E-state index in [4.69, 9.17) is 16.3 Å². The molecule has 0 bridgehead atoms. The highest BCUT2D eigenvalue weighted by atomic mass is 35.5. The molecule has 15 heavy (non-hydrogen) atoms. The number of ether oxygens (including phenoxy) is 1. The molecule has 5 heteroatoms. The van der Waals surface area contributed by atoms with Crippen LogP contribution >= 0.6 is 24.0 Å². The van der Waals surface area contributed by atoms with Crippen molar-refractivity contribution in [2.24, 2.45) is 0 Å². The molecule has 1 aromatic carbocycles. The Bertz CT molecular complexity index is 367. The maximum Gasteiger partial charge on any atom is 0.412 e. The number of rotatable bonds is 1. The van der Waals surface area contributed by atoms with Crippen LogP contribution in [0.5, 0.6) is 5.75 Å². The molecule has 0 heterocycles. The van der Waals surface area contributed by atoms with Gasteiger partial charge in [-0.1, -0.05) is 11.6 Å². The zero-order chi connectivity index (χ0) is 10.7. The molecular formula is C10H13Cl2NO2. The van der Waals surface area contributed by atoms with Crippen LogP contribution in [0.25, 0.3) is 0 Å². The number of carbonyl (C=O) groups is 1. The summed E-state index contributed by atoms with van der Waals surface area (Å²) in [4.78, 5) is 10.9. The fraction of sp³-hybridized carbons (Fsp3) is 0.300. The summed E-state index contributed by atoms with van der Waals surface area (Å²) in [6.45, 7) is 3.88. The smallest absolute Gasteiger partial charge is 0.409 e. The second-order valence-electron chi connectivity index (χ2n) is 3.01. The Kier molecular flexibility index (Phi) is 5.47. The summed E-state index contributed by atoms with van der Waals surface area (Å²) in [5.41, 5.74) is 2.10. The Hall–Kier alpha value is -0.930. The minimum absolute atomic E-state index is 0. The van der Waals surface area contributed by atoms with Crippen molar-refractivity contribution in [1.29, 1.82) is 0 Å². The molecule has 0 aliphatic heterocycles. The van der Waals surface area contributed by atoms with Crippen LogP contribution in [-0.2, 0) is 0 Å². The highest BCUT2D eigenvalue weighted by Gasteiger charge is 2.07. The van der Waals surface area contributed by atoms with E-state index in [2.05, 4.69) is 5.32 Å². The van der Waals surface area contributed by atoms with Gasteiger partial charge in [-0.05, 0) is 37.1 Å². The highest BCUT2D eigenvalue weighted by Crippen LogP contribution is 2.27. The first-order valence-corrected chi connectivity index (χ1v) is 4.58. The second kappa shape index (κ2) is 5.83. The molecule has 84 valence electrons. The normalized spacial score (nSPS) is 9.07. The molecule has 0 fully saturated rings. The third-order valence-corrected chi connectivity index (χ3v) is 2.25. The number of benzene rings is 1. The average Bonchev–Trinajstić information content (AvgIpc) is 2.14. The van der Waals surface area contributed by atoms with E-state index in [1.54, 1.807) is 12.1 Å². The molecule has 0 radical (unpaired) electrons. The largest absolute Gasteiger partial charge is 0.412 e. The van der Waals surface area contributed by atoms with Gasteiger partial charge in [0.05, 0.1) is 5.02 Å². The van der Waals surface area contributed by atoms with Crippen LogP contribution in [0.2, 0.25) is 5.02 Å². The van der Waals surface area contributed by atoms with E-state index in [1.807, 2.05) is 13.8 Å². The average molecular weight is 250 g/mol. The lowest BCUT2D eigenvalue weighted by molar-refractivity contribution is 0.203. The Labute approximate surface area is 100 Å². The first kappa shape index (κ1) is 14.1. The maximum absolute atomic E-state index is 10.9. The van der Waals surface area contributed by atoms with Crippen LogP contribution < -0.4 is 10.1 Å². The first-order valence-electron chi connectivity index (χ1n) is 4.21. The van der Waals surface area contributed by atoms with E-state index in [1.165, 1.54) is 7.05 Å². The van der Waals surface area contributed by atoms with E-state index < -0.39 is 6.09 Å². The van der Waals surface area contributed by atoms with Gasteiger partial charge in [-0.15, -0.1) is 12.4 Å². The Balaban J connectivity index is 0.00000196. The Morgan fingerprint density at radius 1 is 1.33 bits per heavy atom. The van der Waals surface area contributed by atoms with Crippen molar-refractivity contribution >= 4 is 30.1 Å². The summed E-state index contributed by atoms with van der Waals surface area (Å²) >= 11 is 5.90. The molecule has 0 aromatic heterocycles. The van der Waals surface area contributed by atoms with Gasteiger partial charge in [0.2, 0.25) is 0 Å². The predicted molar refractivity (Wildman–Crippen MR) is 63.3 cm³/mol. The molecule has 0 saturated carbocycles. The van der Waals surface area contributed by atoms with Gasteiger partial charge in [-0.3, -0.25) is 0 Å². The van der Waals surface area contributed by atoms with Gasteiger partial charge in [-0.25, -0.2) is 4.79 Å². The van der Waals surface area contributed by atoms with E-state index in [0.717, 1.165) is 11.1 Å². The standard InChI is InChI=1S/C10H12ClNO2.ClH/c1-6-4-8(11)9(5-7(6)2)14-10(13)12-3;/h4-5H,1-3H3,(H,12,13);1H. The van der Waals surface area contributed by atoms with Gasteiger partial charge < -0.3 is 10.1 Å². The van der Waals surface area contributed by atoms with Crippen molar-refractivity contribution in [3.8, 4) is 5.75 Å². The van der Waals surface area contributed by atoms with Gasteiger partial charge in [0.15, 0.2) is 5.75 Å². The van der Waals surface area contributed by atoms with Crippen molar-refractivity contribution in [3.05, 3.63) is 28.3 Å². The molecule has 1 N–H and O–H groups in total. The van der Waals surface area contributed by atoms with E-state index in [-0.39, 0.29) is 12.4 Å². The summed E-state index contributed by atoms with van der Waals surface area (Å²) in [5.74, 6) is 0.383. The summed E-state index contributed by atoms with van der Waals surface area (Å²) in [6.07, 6.45) is -0.518. The van der Waals surface area contributed by atoms with Crippen LogP contribution in [0.1, 0.15) is 11.1 Å². The summed E-state index contributed by atoms with van der Waals surface area (Å²) in [7, 11) is 1.50. The fourth-order valence-corrected chi connectivity index (χ4v) is 1.24. The minimum atomic E-state index is -0.518. The molecule has 1 rings (SSSR count). The van der Waals surface area contributed by atoms with Gasteiger partial charge in [0.25, 0.3) is 0 Å². The van der Waals surface area contributed by atoms with Crippen molar-refractivity contribution in [1.82, 2.24) is 5.32 Å². The third-order valence-electron chi connectivity index (χ3n) is 1.96. The zero-order valence-corrected chi connectivity index (χ0v) is 10.3. The molecule has 0 aliphatic rings. The van der Waals surface area contributed by atoms with Crippen LogP contribution in [0.4, 0.5) is 4.79 Å². The summed E-state index contributed by atoms with van der Waals surface area (Å²) < 4.78 is 4.95. The van der Waals surface area contributed by atoms with Crippen LogP contribution in [0, 0.1) is 13.8 Å². The van der Waals surface area contributed by atoms with Crippen LogP contribution in [0.15, 0.2) is 12.1 Å². The Morgan fingerprint density at radius 2 is 1.87 bits per heavy atom. The molecular weight excluding hydrogens is 237 g/mol. The van der Waals surface area contributed by atoms with E-state index in [9.17, 15) is 4.79 Å². The number of hydrogen-bond donors (Lipinski definition) is 1. The van der Waals surface area contributed by atoms with Gasteiger partial charge >= 0.3 is 6.09 Å². The maximum atomic E-state index is 10.9. The van der Waals surface area contributed by atoms with Gasteiger partial charge in [0.1, 0.15) is 0 Å². The fourth-order valence-electron chi connectivity index (χ4n) is 0.984. The quantitative estimate of drug-likeness (QED) is 0.831. The number of aryl methyl sites for hydroxylation is 2. The number of halogens is 2. The molecule has 0 atom stereocenters. The van der Waals surface area contributed by atoms with Crippen LogP contribution in [-0.4, -0.2) is 13.1 Å². The van der Waals surface area contributed by atoms with Crippen molar-refractivity contribution in [3.63, 3.8) is 0 Å². The molecule has 3 nitrogen and oxygen atoms in total. The van der Waals surface area contributed by atoms with Crippen molar-refractivity contribution in [2.45, 2.75) is 13.8 Å². The molecule has 0 unspecified atom stereocenters. The number of nitrogens with one attached hydrogen (secondary N) is 1. The highest BCUT2D eigenvalue weighted by molar-refractivity contribution is 6.32. The van der Waals surface area contributed by atoms with Crippen molar-refractivity contribution < 1.29 is 9.53 Å². The molecule has 1 amide bonds. The Morgan fingerprint density at radius 3 is 2.40 bits per heavy atom. The third kappa shape index (κ3) is 3.61. The lowest BCUT2D eigenvalue weighted by Gasteiger charge is -2.08. The minimum Gasteiger partial charge on any atom is -0.409 e. The first-order chi connectivity index (χ1) is 6.54. The number of carbonyl (C=O) groups excluding carboxylic acids is 1. The van der Waals surface area contributed by atoms with Crippen LogP contribution in [0.3, 0.4) is 0 Å². The predicted octanol–water partition coefficient (Wildman–Crippen LogP) is 3.10. The summed E-state index contributed by atoms with van der Waals surface area (Å²) in [6, 6.07) is 3.52. The SMILES string of the molecule is CNC(=O)Oc1cc(C)c(C)cc1Cl.Cl. The number of hydrogen-bond acceptors (Lipinski definition) is 2. The molecule has 0 saturated heterocycles. The van der Waals surface area contributed by atoms with Crippen molar-refractivity contribution in [2.75, 3.05) is 7.05 Å². The molecule has 0 aliphatic carbocycles.